The van der Waals surface area contributed by atoms with E-state index < -0.39 is 10.0 Å². The zero-order chi connectivity index (χ0) is 18.6. The van der Waals surface area contributed by atoms with Crippen LogP contribution in [0.2, 0.25) is 0 Å². The molecule has 0 aliphatic carbocycles. The normalized spacial score (nSPS) is 14.0. The number of hydrogen-bond acceptors (Lipinski definition) is 4. The summed E-state index contributed by atoms with van der Waals surface area (Å²) in [5.41, 5.74) is 2.44. The average Bonchev–Trinajstić information content (AvgIpc) is 3.07. The van der Waals surface area contributed by atoms with Gasteiger partial charge in [-0.15, -0.1) is 0 Å². The average molecular weight is 371 g/mol. The molecule has 0 atom stereocenters. The number of sulfonamides is 1. The van der Waals surface area contributed by atoms with Gasteiger partial charge in [-0.05, 0) is 37.1 Å². The van der Waals surface area contributed by atoms with Gasteiger partial charge in [-0.25, -0.2) is 8.42 Å². The fraction of sp³-hybridized carbons (Fsp3) is 0.263. The van der Waals surface area contributed by atoms with E-state index in [0.29, 0.717) is 24.5 Å². The van der Waals surface area contributed by atoms with Crippen molar-refractivity contribution in [3.8, 4) is 0 Å². The number of rotatable bonds is 5. The van der Waals surface area contributed by atoms with E-state index in [0.717, 1.165) is 17.5 Å². The molecule has 1 amide bonds. The van der Waals surface area contributed by atoms with Crippen LogP contribution in [0.15, 0.2) is 58.4 Å². The lowest BCUT2D eigenvalue weighted by atomic mass is 10.1. The van der Waals surface area contributed by atoms with Gasteiger partial charge in [0.25, 0.3) is 10.0 Å². The van der Waals surface area contributed by atoms with Crippen LogP contribution in [0, 0.1) is 6.92 Å². The summed E-state index contributed by atoms with van der Waals surface area (Å²) in [6.45, 7) is 2.62. The number of aliphatic imine (C=N–C) groups is 1. The minimum absolute atomic E-state index is 0.0976. The van der Waals surface area contributed by atoms with Crippen molar-refractivity contribution in [1.29, 1.82) is 0 Å². The van der Waals surface area contributed by atoms with E-state index in [9.17, 15) is 13.2 Å². The van der Waals surface area contributed by atoms with Crippen LogP contribution < -0.4 is 10.0 Å². The SMILES string of the molecule is Cc1cccc(CC(=O)Nc2cccc(S(=O)(=O)NC3=NCCC3)c2)c1. The molecule has 0 aromatic heterocycles. The Balaban J connectivity index is 1.69. The van der Waals surface area contributed by atoms with Gasteiger partial charge in [0.15, 0.2) is 0 Å². The molecule has 2 aromatic carbocycles. The van der Waals surface area contributed by atoms with Crippen molar-refractivity contribution in [2.24, 2.45) is 4.99 Å². The van der Waals surface area contributed by atoms with Crippen LogP contribution in [0.4, 0.5) is 5.69 Å². The number of benzene rings is 2. The first-order chi connectivity index (χ1) is 12.4. The first-order valence-corrected chi connectivity index (χ1v) is 9.92. The van der Waals surface area contributed by atoms with Crippen molar-refractivity contribution >= 4 is 27.5 Å². The molecule has 1 aliphatic heterocycles. The molecule has 0 spiro atoms. The van der Waals surface area contributed by atoms with Crippen molar-refractivity contribution in [3.05, 3.63) is 59.7 Å². The lowest BCUT2D eigenvalue weighted by Gasteiger charge is -2.10. The van der Waals surface area contributed by atoms with E-state index in [2.05, 4.69) is 15.0 Å². The third-order valence-corrected chi connectivity index (χ3v) is 5.38. The molecule has 0 fully saturated rings. The van der Waals surface area contributed by atoms with Gasteiger partial charge in [0, 0.05) is 18.7 Å². The molecule has 6 nitrogen and oxygen atoms in total. The minimum atomic E-state index is -3.70. The molecule has 0 unspecified atom stereocenters. The van der Waals surface area contributed by atoms with Crippen molar-refractivity contribution in [1.82, 2.24) is 4.72 Å². The summed E-state index contributed by atoms with van der Waals surface area (Å²) in [6, 6.07) is 13.9. The van der Waals surface area contributed by atoms with Crippen molar-refractivity contribution < 1.29 is 13.2 Å². The monoisotopic (exact) mass is 371 g/mol. The number of nitrogens with one attached hydrogen (secondary N) is 2. The molecule has 7 heteroatoms. The number of aryl methyl sites for hydroxylation is 1. The highest BCUT2D eigenvalue weighted by Crippen LogP contribution is 2.17. The molecular weight excluding hydrogens is 350 g/mol. The van der Waals surface area contributed by atoms with Crippen LogP contribution in [0.3, 0.4) is 0 Å². The van der Waals surface area contributed by atoms with Gasteiger partial charge in [0.05, 0.1) is 11.3 Å². The van der Waals surface area contributed by atoms with E-state index in [-0.39, 0.29) is 17.2 Å². The third-order valence-electron chi connectivity index (χ3n) is 4.00. The highest BCUT2D eigenvalue weighted by molar-refractivity contribution is 7.90. The van der Waals surface area contributed by atoms with Gasteiger partial charge >= 0.3 is 0 Å². The predicted molar refractivity (Wildman–Crippen MR) is 102 cm³/mol. The van der Waals surface area contributed by atoms with E-state index in [1.807, 2.05) is 31.2 Å². The maximum atomic E-state index is 12.5. The summed E-state index contributed by atoms with van der Waals surface area (Å²) in [6.07, 6.45) is 1.72. The number of amidine groups is 1. The number of hydrogen-bond donors (Lipinski definition) is 2. The van der Waals surface area contributed by atoms with Gasteiger partial charge in [-0.1, -0.05) is 35.9 Å². The Bertz CT molecular complexity index is 952. The largest absolute Gasteiger partial charge is 0.326 e. The molecular formula is C19H21N3O3S. The number of carbonyl (C=O) groups is 1. The number of carbonyl (C=O) groups excluding carboxylic acids is 1. The maximum absolute atomic E-state index is 12.5. The first kappa shape index (κ1) is 18.1. The Labute approximate surface area is 153 Å². The van der Waals surface area contributed by atoms with E-state index in [1.165, 1.54) is 12.1 Å². The van der Waals surface area contributed by atoms with Crippen LogP contribution in [-0.4, -0.2) is 26.7 Å². The summed E-state index contributed by atoms with van der Waals surface area (Å²) in [4.78, 5) is 16.5. The van der Waals surface area contributed by atoms with E-state index in [4.69, 9.17) is 0 Å². The molecule has 2 N–H and O–H groups in total. The second kappa shape index (κ2) is 7.70. The zero-order valence-electron chi connectivity index (χ0n) is 14.5. The minimum Gasteiger partial charge on any atom is -0.326 e. The Morgan fingerprint density at radius 2 is 1.96 bits per heavy atom. The second-order valence-corrected chi connectivity index (χ2v) is 7.96. The molecule has 26 heavy (non-hydrogen) atoms. The Morgan fingerprint density at radius 3 is 2.69 bits per heavy atom. The summed E-state index contributed by atoms with van der Waals surface area (Å²) in [7, 11) is -3.70. The number of nitrogens with zero attached hydrogens (tertiary/aromatic N) is 1. The van der Waals surface area contributed by atoms with Crippen molar-refractivity contribution in [3.63, 3.8) is 0 Å². The van der Waals surface area contributed by atoms with Crippen LogP contribution >= 0.6 is 0 Å². The van der Waals surface area contributed by atoms with E-state index >= 15 is 0 Å². The summed E-state index contributed by atoms with van der Waals surface area (Å²) in [5.74, 6) is 0.289. The fourth-order valence-corrected chi connectivity index (χ4v) is 3.93. The van der Waals surface area contributed by atoms with Crippen LogP contribution in [-0.2, 0) is 21.2 Å². The van der Waals surface area contributed by atoms with Crippen molar-refractivity contribution in [2.75, 3.05) is 11.9 Å². The molecule has 2 aromatic rings. The molecule has 0 bridgehead atoms. The van der Waals surface area contributed by atoms with Gasteiger partial charge in [-0.3, -0.25) is 14.5 Å². The molecule has 0 saturated heterocycles. The topological polar surface area (TPSA) is 87.6 Å². The second-order valence-electron chi connectivity index (χ2n) is 6.28. The van der Waals surface area contributed by atoms with Crippen molar-refractivity contribution in [2.45, 2.75) is 31.1 Å². The predicted octanol–water partition coefficient (Wildman–Crippen LogP) is 2.65. The molecule has 1 aliphatic rings. The number of amides is 1. The molecule has 0 radical (unpaired) electrons. The quantitative estimate of drug-likeness (QED) is 0.847. The van der Waals surface area contributed by atoms with Gasteiger partial charge in [-0.2, -0.15) is 0 Å². The standard InChI is InChI=1S/C19H21N3O3S/c1-14-5-2-6-15(11-14)12-19(23)21-16-7-3-8-17(13-16)26(24,25)22-18-9-4-10-20-18/h2-3,5-8,11,13H,4,9-10,12H2,1H3,(H,20,22)(H,21,23). The fourth-order valence-electron chi connectivity index (χ4n) is 2.79. The van der Waals surface area contributed by atoms with Gasteiger partial charge < -0.3 is 5.32 Å². The third kappa shape index (κ3) is 4.70. The van der Waals surface area contributed by atoms with Crippen LogP contribution in [0.25, 0.3) is 0 Å². The van der Waals surface area contributed by atoms with Gasteiger partial charge in [0.2, 0.25) is 5.91 Å². The Morgan fingerprint density at radius 1 is 1.15 bits per heavy atom. The summed E-state index contributed by atoms with van der Waals surface area (Å²) >= 11 is 0. The molecule has 0 saturated carbocycles. The molecule has 136 valence electrons. The number of anilines is 1. The highest BCUT2D eigenvalue weighted by Gasteiger charge is 2.18. The Kier molecular flexibility index (Phi) is 5.37. The zero-order valence-corrected chi connectivity index (χ0v) is 15.3. The lowest BCUT2D eigenvalue weighted by molar-refractivity contribution is -0.115. The molecule has 3 rings (SSSR count). The molecule has 1 heterocycles. The summed E-state index contributed by atoms with van der Waals surface area (Å²) in [5, 5.41) is 2.75. The van der Waals surface area contributed by atoms with Gasteiger partial charge in [0.1, 0.15) is 5.84 Å². The highest BCUT2D eigenvalue weighted by atomic mass is 32.2. The summed E-state index contributed by atoms with van der Waals surface area (Å²) < 4.78 is 27.4. The maximum Gasteiger partial charge on any atom is 0.262 e. The smallest absolute Gasteiger partial charge is 0.262 e. The first-order valence-electron chi connectivity index (χ1n) is 8.44. The van der Waals surface area contributed by atoms with E-state index in [1.54, 1.807) is 12.1 Å². The Hall–Kier alpha value is -2.67. The van der Waals surface area contributed by atoms with Crippen LogP contribution in [0.5, 0.6) is 0 Å². The van der Waals surface area contributed by atoms with Crippen LogP contribution in [0.1, 0.15) is 24.0 Å². The lowest BCUT2D eigenvalue weighted by Crippen LogP contribution is -2.29.